The molecule has 0 fully saturated rings. The van der Waals surface area contributed by atoms with Crippen LogP contribution >= 0.6 is 0 Å². The van der Waals surface area contributed by atoms with Crippen molar-refractivity contribution in [2.24, 2.45) is 7.05 Å². The average molecular weight is 342 g/mol. The van der Waals surface area contributed by atoms with Crippen molar-refractivity contribution in [3.8, 4) is 0 Å². The molecule has 7 nitrogen and oxygen atoms in total. The van der Waals surface area contributed by atoms with Crippen molar-refractivity contribution in [3.63, 3.8) is 0 Å². The number of hydrogen-bond acceptors (Lipinski definition) is 4. The first-order chi connectivity index (χ1) is 12.0. The minimum absolute atomic E-state index is 0.185. The van der Waals surface area contributed by atoms with Gasteiger partial charge in [0.05, 0.1) is 25.0 Å². The van der Waals surface area contributed by atoms with Gasteiger partial charge in [0.2, 0.25) is 0 Å². The summed E-state index contributed by atoms with van der Waals surface area (Å²) >= 11 is 0. The average Bonchev–Trinajstić information content (AvgIpc) is 3.17. The van der Waals surface area contributed by atoms with Crippen molar-refractivity contribution >= 4 is 5.91 Å². The molecule has 25 heavy (non-hydrogen) atoms. The topological polar surface area (TPSA) is 77.6 Å². The van der Waals surface area contributed by atoms with Gasteiger partial charge in [-0.1, -0.05) is 23.4 Å². The molecule has 0 aliphatic carbocycles. The van der Waals surface area contributed by atoms with E-state index in [-0.39, 0.29) is 30.0 Å². The molecule has 0 radical (unpaired) electrons. The molecule has 1 N–H and O–H groups in total. The van der Waals surface area contributed by atoms with E-state index in [4.69, 9.17) is 0 Å². The van der Waals surface area contributed by atoms with Gasteiger partial charge in [-0.15, -0.1) is 5.10 Å². The highest BCUT2D eigenvalue weighted by Crippen LogP contribution is 2.16. The Morgan fingerprint density at radius 1 is 1.36 bits per heavy atom. The van der Waals surface area contributed by atoms with E-state index in [0.717, 1.165) is 11.3 Å². The second-order valence-corrected chi connectivity index (χ2v) is 5.90. The van der Waals surface area contributed by atoms with Crippen molar-refractivity contribution in [1.29, 1.82) is 0 Å². The van der Waals surface area contributed by atoms with Gasteiger partial charge >= 0.3 is 0 Å². The van der Waals surface area contributed by atoms with Crippen molar-refractivity contribution < 1.29 is 9.18 Å². The third kappa shape index (κ3) is 3.57. The third-order valence-electron chi connectivity index (χ3n) is 4.15. The molecule has 0 aliphatic heterocycles. The molecule has 0 unspecified atom stereocenters. The molecule has 0 saturated heterocycles. The van der Waals surface area contributed by atoms with E-state index < -0.39 is 0 Å². The minimum atomic E-state index is -0.337. The molecule has 3 aromatic rings. The van der Waals surface area contributed by atoms with E-state index in [1.165, 1.54) is 16.9 Å². The van der Waals surface area contributed by atoms with Gasteiger partial charge in [0.1, 0.15) is 5.82 Å². The first kappa shape index (κ1) is 16.8. The molecule has 3 rings (SSSR count). The van der Waals surface area contributed by atoms with E-state index in [1.807, 2.05) is 20.9 Å². The first-order valence-electron chi connectivity index (χ1n) is 7.88. The lowest BCUT2D eigenvalue weighted by atomic mass is 10.1. The molecule has 0 saturated carbocycles. The predicted octanol–water partition coefficient (Wildman–Crippen LogP) is 2.00. The number of hydrogen-bond donors (Lipinski definition) is 1. The third-order valence-corrected chi connectivity index (χ3v) is 4.15. The quantitative estimate of drug-likeness (QED) is 0.769. The van der Waals surface area contributed by atoms with Gasteiger partial charge in [0.15, 0.2) is 5.69 Å². The normalized spacial score (nSPS) is 12.2. The van der Waals surface area contributed by atoms with Crippen LogP contribution in [0.5, 0.6) is 0 Å². The molecule has 2 aromatic heterocycles. The Morgan fingerprint density at radius 3 is 2.80 bits per heavy atom. The fourth-order valence-electron chi connectivity index (χ4n) is 2.57. The summed E-state index contributed by atoms with van der Waals surface area (Å²) in [5.74, 6) is -0.653. The number of benzene rings is 1. The van der Waals surface area contributed by atoms with Gasteiger partial charge in [-0.3, -0.25) is 9.48 Å². The van der Waals surface area contributed by atoms with Crippen molar-refractivity contribution in [2.75, 3.05) is 0 Å². The molecular weight excluding hydrogens is 323 g/mol. The molecule has 0 bridgehead atoms. The number of rotatable bonds is 5. The van der Waals surface area contributed by atoms with Gasteiger partial charge < -0.3 is 5.32 Å². The summed E-state index contributed by atoms with van der Waals surface area (Å²) in [6.45, 7) is 4.03. The summed E-state index contributed by atoms with van der Waals surface area (Å²) in [7, 11) is 1.85. The second kappa shape index (κ2) is 6.84. The summed E-state index contributed by atoms with van der Waals surface area (Å²) in [4.78, 5) is 12.4. The minimum Gasteiger partial charge on any atom is -0.344 e. The fraction of sp³-hybridized carbons (Fsp3) is 0.294. The molecule has 1 atom stereocenters. The number of nitrogens with zero attached hydrogens (tertiary/aromatic N) is 5. The standard InChI is InChI=1S/C17H19FN6O/c1-11(14-8-19-23(3)12(14)2)20-17(25)16-10-24(22-21-16)9-13-6-4-5-7-15(13)18/h4-8,10-11H,9H2,1-3H3,(H,20,25)/t11-/m1/s1. The van der Waals surface area contributed by atoms with Gasteiger partial charge in [0, 0.05) is 23.9 Å². The number of halogens is 1. The molecule has 8 heteroatoms. The summed E-state index contributed by atoms with van der Waals surface area (Å²) in [5.41, 5.74) is 2.59. The lowest BCUT2D eigenvalue weighted by Gasteiger charge is -2.12. The Kier molecular flexibility index (Phi) is 4.60. The smallest absolute Gasteiger partial charge is 0.273 e. The zero-order chi connectivity index (χ0) is 18.0. The maximum Gasteiger partial charge on any atom is 0.273 e. The Hall–Kier alpha value is -3.03. The molecule has 130 valence electrons. The number of amides is 1. The van der Waals surface area contributed by atoms with Crippen LogP contribution in [0.3, 0.4) is 0 Å². The van der Waals surface area contributed by atoms with E-state index >= 15 is 0 Å². The van der Waals surface area contributed by atoms with Crippen molar-refractivity contribution in [1.82, 2.24) is 30.1 Å². The molecule has 0 spiro atoms. The summed E-state index contributed by atoms with van der Waals surface area (Å²) < 4.78 is 16.9. The highest BCUT2D eigenvalue weighted by molar-refractivity contribution is 5.92. The van der Waals surface area contributed by atoms with Gasteiger partial charge in [-0.25, -0.2) is 9.07 Å². The number of nitrogens with one attached hydrogen (secondary N) is 1. The van der Waals surface area contributed by atoms with Crippen LogP contribution in [0.25, 0.3) is 0 Å². The number of carbonyl (C=O) groups excluding carboxylic acids is 1. The lowest BCUT2D eigenvalue weighted by molar-refractivity contribution is 0.0934. The zero-order valence-electron chi connectivity index (χ0n) is 14.3. The van der Waals surface area contributed by atoms with Gasteiger partial charge in [-0.2, -0.15) is 5.10 Å². The van der Waals surface area contributed by atoms with Crippen LogP contribution in [-0.2, 0) is 13.6 Å². The Bertz CT molecular complexity index is 900. The van der Waals surface area contributed by atoms with Crippen LogP contribution in [0.2, 0.25) is 0 Å². The van der Waals surface area contributed by atoms with Crippen molar-refractivity contribution in [2.45, 2.75) is 26.4 Å². The monoisotopic (exact) mass is 342 g/mol. The van der Waals surface area contributed by atoms with E-state index in [2.05, 4.69) is 20.7 Å². The SMILES string of the molecule is Cc1c([C@@H](C)NC(=O)c2cn(Cc3ccccc3F)nn2)cnn1C. The van der Waals surface area contributed by atoms with E-state index in [1.54, 1.807) is 29.1 Å². The van der Waals surface area contributed by atoms with Crippen LogP contribution in [0.4, 0.5) is 4.39 Å². The largest absolute Gasteiger partial charge is 0.344 e. The first-order valence-corrected chi connectivity index (χ1v) is 7.88. The van der Waals surface area contributed by atoms with Gasteiger partial charge in [0.25, 0.3) is 5.91 Å². The van der Waals surface area contributed by atoms with E-state index in [0.29, 0.717) is 5.56 Å². The van der Waals surface area contributed by atoms with Gasteiger partial charge in [-0.05, 0) is 19.9 Å². The van der Waals surface area contributed by atoms with Crippen molar-refractivity contribution in [3.05, 3.63) is 65.0 Å². The molecule has 0 aliphatic rings. The highest BCUT2D eigenvalue weighted by Gasteiger charge is 2.18. The van der Waals surface area contributed by atoms with Crippen LogP contribution in [0.15, 0.2) is 36.7 Å². The summed E-state index contributed by atoms with van der Waals surface area (Å²) in [6.07, 6.45) is 3.24. The predicted molar refractivity (Wildman–Crippen MR) is 89.4 cm³/mol. The highest BCUT2D eigenvalue weighted by atomic mass is 19.1. The van der Waals surface area contributed by atoms with Crippen LogP contribution in [-0.4, -0.2) is 30.7 Å². The number of aromatic nitrogens is 5. The summed E-state index contributed by atoms with van der Waals surface area (Å²) in [5, 5.41) is 14.8. The Labute approximate surface area is 144 Å². The molecular formula is C17H19FN6O. The molecule has 2 heterocycles. The second-order valence-electron chi connectivity index (χ2n) is 5.90. The maximum atomic E-state index is 13.7. The van der Waals surface area contributed by atoms with Crippen LogP contribution in [0.1, 0.15) is 40.3 Å². The molecule has 1 aromatic carbocycles. The number of aryl methyl sites for hydroxylation is 1. The Morgan fingerprint density at radius 2 is 2.12 bits per heavy atom. The van der Waals surface area contributed by atoms with E-state index in [9.17, 15) is 9.18 Å². The molecule has 1 amide bonds. The fourth-order valence-corrected chi connectivity index (χ4v) is 2.57. The number of carbonyl (C=O) groups is 1. The zero-order valence-corrected chi connectivity index (χ0v) is 14.3. The maximum absolute atomic E-state index is 13.7. The lowest BCUT2D eigenvalue weighted by Crippen LogP contribution is -2.27. The van der Waals surface area contributed by atoms with Crippen LogP contribution < -0.4 is 5.32 Å². The Balaban J connectivity index is 1.68. The van der Waals surface area contributed by atoms with Crippen LogP contribution in [0, 0.1) is 12.7 Å². The summed E-state index contributed by atoms with van der Waals surface area (Å²) in [6, 6.07) is 6.22.